The predicted octanol–water partition coefficient (Wildman–Crippen LogP) is 2.50. The van der Waals surface area contributed by atoms with Crippen molar-refractivity contribution in [1.82, 2.24) is 0 Å². The summed E-state index contributed by atoms with van der Waals surface area (Å²) in [5.74, 6) is -1.43. The van der Waals surface area contributed by atoms with E-state index in [-0.39, 0.29) is 42.3 Å². The van der Waals surface area contributed by atoms with Gasteiger partial charge in [-0.25, -0.2) is 0 Å². The predicted molar refractivity (Wildman–Crippen MR) is 88.1 cm³/mol. The van der Waals surface area contributed by atoms with E-state index >= 15 is 0 Å². The SMILES string of the molecule is CC(C)C(=O)OCc1ccc([C@@](C)(O)COC(=O)C(C)C)c(O)c1. The lowest BCUT2D eigenvalue weighted by atomic mass is 9.95. The Labute approximate surface area is 142 Å². The molecule has 0 aliphatic carbocycles. The summed E-state index contributed by atoms with van der Waals surface area (Å²) in [5, 5.41) is 20.6. The van der Waals surface area contributed by atoms with Gasteiger partial charge in [0.1, 0.15) is 24.6 Å². The van der Waals surface area contributed by atoms with Gasteiger partial charge >= 0.3 is 11.9 Å². The van der Waals surface area contributed by atoms with E-state index in [9.17, 15) is 19.8 Å². The third-order valence-electron chi connectivity index (χ3n) is 3.46. The van der Waals surface area contributed by atoms with Gasteiger partial charge in [-0.2, -0.15) is 0 Å². The van der Waals surface area contributed by atoms with Crippen molar-refractivity contribution < 1.29 is 29.3 Å². The van der Waals surface area contributed by atoms with Crippen molar-refractivity contribution in [3.63, 3.8) is 0 Å². The first-order valence-electron chi connectivity index (χ1n) is 7.92. The lowest BCUT2D eigenvalue weighted by Gasteiger charge is -2.25. The molecule has 0 aromatic heterocycles. The molecule has 0 saturated carbocycles. The number of hydrogen-bond donors (Lipinski definition) is 2. The van der Waals surface area contributed by atoms with E-state index in [0.717, 1.165) is 0 Å². The molecule has 0 heterocycles. The summed E-state index contributed by atoms with van der Waals surface area (Å²) >= 11 is 0. The number of ether oxygens (including phenoxy) is 2. The fraction of sp³-hybridized carbons (Fsp3) is 0.556. The molecule has 6 nitrogen and oxygen atoms in total. The topological polar surface area (TPSA) is 93.1 Å². The van der Waals surface area contributed by atoms with E-state index in [4.69, 9.17) is 9.47 Å². The highest BCUT2D eigenvalue weighted by atomic mass is 16.5. The van der Waals surface area contributed by atoms with Crippen LogP contribution in [0.5, 0.6) is 5.75 Å². The van der Waals surface area contributed by atoms with Crippen molar-refractivity contribution in [3.8, 4) is 5.75 Å². The van der Waals surface area contributed by atoms with Crippen LogP contribution in [0.15, 0.2) is 18.2 Å². The van der Waals surface area contributed by atoms with E-state index in [1.807, 2.05) is 0 Å². The quantitative estimate of drug-likeness (QED) is 0.742. The van der Waals surface area contributed by atoms with Crippen molar-refractivity contribution in [1.29, 1.82) is 0 Å². The third-order valence-corrected chi connectivity index (χ3v) is 3.46. The van der Waals surface area contributed by atoms with Crippen LogP contribution < -0.4 is 0 Å². The second-order valence-electron chi connectivity index (χ2n) is 6.65. The summed E-state index contributed by atoms with van der Waals surface area (Å²) in [6.45, 7) is 8.09. The molecule has 0 unspecified atom stereocenters. The van der Waals surface area contributed by atoms with Gasteiger partial charge in [-0.15, -0.1) is 0 Å². The molecular weight excluding hydrogens is 312 g/mol. The zero-order valence-corrected chi connectivity index (χ0v) is 14.8. The summed E-state index contributed by atoms with van der Waals surface area (Å²) < 4.78 is 10.1. The second-order valence-corrected chi connectivity index (χ2v) is 6.65. The molecule has 0 aliphatic rings. The van der Waals surface area contributed by atoms with Crippen LogP contribution in [0, 0.1) is 11.8 Å². The fourth-order valence-corrected chi connectivity index (χ4v) is 1.90. The van der Waals surface area contributed by atoms with Gasteiger partial charge in [0.05, 0.1) is 11.8 Å². The highest BCUT2D eigenvalue weighted by molar-refractivity contribution is 5.72. The van der Waals surface area contributed by atoms with E-state index < -0.39 is 11.6 Å². The number of phenolic OH excluding ortho intramolecular Hbond substituents is 1. The molecule has 1 rings (SSSR count). The Morgan fingerprint density at radius 3 is 2.12 bits per heavy atom. The number of carbonyl (C=O) groups is 2. The van der Waals surface area contributed by atoms with Crippen LogP contribution in [0.4, 0.5) is 0 Å². The molecule has 134 valence electrons. The highest BCUT2D eigenvalue weighted by Gasteiger charge is 2.29. The minimum Gasteiger partial charge on any atom is -0.508 e. The third kappa shape index (κ3) is 5.53. The second kappa shape index (κ2) is 8.15. The molecule has 0 bridgehead atoms. The first-order valence-corrected chi connectivity index (χ1v) is 7.92. The number of aromatic hydroxyl groups is 1. The number of benzene rings is 1. The van der Waals surface area contributed by atoms with Crippen molar-refractivity contribution in [2.75, 3.05) is 6.61 Å². The van der Waals surface area contributed by atoms with Gasteiger partial charge in [0.15, 0.2) is 0 Å². The molecule has 0 spiro atoms. The number of hydrogen-bond acceptors (Lipinski definition) is 6. The molecular formula is C18H26O6. The Morgan fingerprint density at radius 1 is 1.08 bits per heavy atom. The lowest BCUT2D eigenvalue weighted by Crippen LogP contribution is -2.30. The van der Waals surface area contributed by atoms with Crippen LogP contribution in [-0.4, -0.2) is 28.8 Å². The maximum Gasteiger partial charge on any atom is 0.308 e. The lowest BCUT2D eigenvalue weighted by molar-refractivity contribution is -0.155. The molecule has 0 fully saturated rings. The van der Waals surface area contributed by atoms with Crippen LogP contribution in [-0.2, 0) is 31.3 Å². The van der Waals surface area contributed by atoms with Gasteiger partial charge in [0.25, 0.3) is 0 Å². The van der Waals surface area contributed by atoms with Gasteiger partial charge in [-0.3, -0.25) is 9.59 Å². The van der Waals surface area contributed by atoms with Crippen LogP contribution >= 0.6 is 0 Å². The van der Waals surface area contributed by atoms with Gasteiger partial charge in [-0.05, 0) is 18.6 Å². The van der Waals surface area contributed by atoms with E-state index in [2.05, 4.69) is 0 Å². The Morgan fingerprint density at radius 2 is 1.62 bits per heavy atom. The highest BCUT2D eigenvalue weighted by Crippen LogP contribution is 2.30. The van der Waals surface area contributed by atoms with Crippen molar-refractivity contribution in [2.45, 2.75) is 46.8 Å². The van der Waals surface area contributed by atoms with E-state index in [1.54, 1.807) is 33.8 Å². The van der Waals surface area contributed by atoms with Crippen molar-refractivity contribution in [3.05, 3.63) is 29.3 Å². The maximum absolute atomic E-state index is 11.5. The van der Waals surface area contributed by atoms with Crippen LogP contribution in [0.3, 0.4) is 0 Å². The Balaban J connectivity index is 2.79. The first-order chi connectivity index (χ1) is 11.0. The van der Waals surface area contributed by atoms with Gasteiger partial charge < -0.3 is 19.7 Å². The Bertz CT molecular complexity index is 589. The number of phenols is 1. The molecule has 6 heteroatoms. The van der Waals surface area contributed by atoms with Gasteiger partial charge in [0.2, 0.25) is 0 Å². The van der Waals surface area contributed by atoms with E-state index in [0.29, 0.717) is 5.56 Å². The summed E-state index contributed by atoms with van der Waals surface area (Å²) in [5.41, 5.74) is -0.694. The molecule has 24 heavy (non-hydrogen) atoms. The molecule has 1 aromatic carbocycles. The largest absolute Gasteiger partial charge is 0.508 e. The van der Waals surface area contributed by atoms with Gasteiger partial charge in [-0.1, -0.05) is 39.8 Å². The minimum atomic E-state index is -1.53. The molecule has 1 atom stereocenters. The summed E-state index contributed by atoms with van der Waals surface area (Å²) in [6, 6.07) is 4.58. The molecule has 1 aromatic rings. The Kier molecular flexibility index (Phi) is 6.78. The van der Waals surface area contributed by atoms with E-state index in [1.165, 1.54) is 19.1 Å². The van der Waals surface area contributed by atoms with Crippen LogP contribution in [0.2, 0.25) is 0 Å². The van der Waals surface area contributed by atoms with Crippen LogP contribution in [0.25, 0.3) is 0 Å². The molecule has 0 saturated heterocycles. The zero-order chi connectivity index (χ0) is 18.5. The first kappa shape index (κ1) is 20.0. The number of carbonyl (C=O) groups excluding carboxylic acids is 2. The molecule has 0 aliphatic heterocycles. The standard InChI is InChI=1S/C18H26O6/c1-11(2)16(20)23-9-13-6-7-14(15(19)8-13)18(5,22)10-24-17(21)12(3)4/h6-8,11-12,19,22H,9-10H2,1-5H3/t18-/m0/s1. The number of esters is 2. The zero-order valence-electron chi connectivity index (χ0n) is 14.8. The van der Waals surface area contributed by atoms with Crippen LogP contribution in [0.1, 0.15) is 45.7 Å². The smallest absolute Gasteiger partial charge is 0.308 e. The van der Waals surface area contributed by atoms with Crippen molar-refractivity contribution >= 4 is 11.9 Å². The maximum atomic E-state index is 11.5. The normalized spacial score (nSPS) is 13.7. The minimum absolute atomic E-state index is 0.0370. The number of rotatable bonds is 7. The fourth-order valence-electron chi connectivity index (χ4n) is 1.90. The average molecular weight is 338 g/mol. The summed E-state index contributed by atoms with van der Waals surface area (Å²) in [7, 11) is 0. The Hall–Kier alpha value is -2.08. The summed E-state index contributed by atoms with van der Waals surface area (Å²) in [4.78, 5) is 23.0. The van der Waals surface area contributed by atoms with Gasteiger partial charge in [0, 0.05) is 5.56 Å². The van der Waals surface area contributed by atoms with Crippen molar-refractivity contribution in [2.24, 2.45) is 11.8 Å². The molecule has 2 N–H and O–H groups in total. The average Bonchev–Trinajstić information content (AvgIpc) is 2.49. The summed E-state index contributed by atoms with van der Waals surface area (Å²) in [6.07, 6.45) is 0. The monoisotopic (exact) mass is 338 g/mol. The molecule has 0 radical (unpaired) electrons. The molecule has 0 amide bonds. The number of aliphatic hydroxyl groups is 1.